The van der Waals surface area contributed by atoms with E-state index in [4.69, 9.17) is 5.73 Å². The number of piperidine rings is 2. The zero-order valence-corrected chi connectivity index (χ0v) is 26.9. The van der Waals surface area contributed by atoms with Crippen molar-refractivity contribution in [3.63, 3.8) is 0 Å². The number of urea groups is 1. The van der Waals surface area contributed by atoms with Crippen LogP contribution in [0.3, 0.4) is 0 Å². The molecule has 3 N–H and O–H groups in total. The molecule has 0 bridgehead atoms. The third kappa shape index (κ3) is 6.35. The van der Waals surface area contributed by atoms with Crippen molar-refractivity contribution < 1.29 is 18.0 Å². The van der Waals surface area contributed by atoms with Crippen LogP contribution in [0.5, 0.6) is 0 Å². The highest BCUT2D eigenvalue weighted by molar-refractivity contribution is 7.89. The number of sulfonamides is 1. The van der Waals surface area contributed by atoms with Crippen LogP contribution in [0.25, 0.3) is 10.9 Å². The van der Waals surface area contributed by atoms with Gasteiger partial charge >= 0.3 is 6.03 Å². The van der Waals surface area contributed by atoms with E-state index in [0.29, 0.717) is 49.8 Å². The summed E-state index contributed by atoms with van der Waals surface area (Å²) in [4.78, 5) is 28.2. The van der Waals surface area contributed by atoms with Gasteiger partial charge in [-0.3, -0.25) is 24.6 Å². The summed E-state index contributed by atoms with van der Waals surface area (Å²) in [6.45, 7) is 7.20. The van der Waals surface area contributed by atoms with Crippen LogP contribution in [0, 0.1) is 11.8 Å². The van der Waals surface area contributed by atoms with Crippen LogP contribution in [0.4, 0.5) is 10.6 Å². The van der Waals surface area contributed by atoms with E-state index in [9.17, 15) is 18.0 Å². The fourth-order valence-corrected chi connectivity index (χ4v) is 8.07. The molecule has 3 amide bonds. The Labute approximate surface area is 264 Å². The number of nitrogens with zero attached hydrogens (tertiary/aromatic N) is 5. The molecule has 3 aliphatic heterocycles. The van der Waals surface area contributed by atoms with Gasteiger partial charge in [-0.1, -0.05) is 24.0 Å². The largest absolute Gasteiger partial charge is 0.329 e. The van der Waals surface area contributed by atoms with Crippen molar-refractivity contribution >= 4 is 38.7 Å². The number of imide groups is 1. The first-order chi connectivity index (χ1) is 21.4. The van der Waals surface area contributed by atoms with E-state index >= 15 is 0 Å². The maximum absolute atomic E-state index is 13.2. The van der Waals surface area contributed by atoms with Crippen molar-refractivity contribution in [3.8, 4) is 11.8 Å². The number of hydrogen-bond acceptors (Lipinski definition) is 7. The quantitative estimate of drug-likeness (QED) is 0.414. The monoisotopic (exact) mass is 631 g/mol. The molecule has 2 aromatic carbocycles. The smallest absolute Gasteiger partial charge is 0.328 e. The maximum Gasteiger partial charge on any atom is 0.329 e. The molecule has 11 nitrogen and oxygen atoms in total. The zero-order valence-electron chi connectivity index (χ0n) is 26.1. The van der Waals surface area contributed by atoms with Gasteiger partial charge in [-0.15, -0.1) is 0 Å². The number of nitrogens with one attached hydrogen (secondary N) is 1. The van der Waals surface area contributed by atoms with Crippen molar-refractivity contribution in [3.05, 3.63) is 53.6 Å². The van der Waals surface area contributed by atoms with Gasteiger partial charge in [0.25, 0.3) is 0 Å². The van der Waals surface area contributed by atoms with E-state index in [1.807, 2.05) is 19.2 Å². The first-order valence-electron chi connectivity index (χ1n) is 15.6. The minimum Gasteiger partial charge on any atom is -0.328 e. The van der Waals surface area contributed by atoms with Crippen LogP contribution in [-0.2, 0) is 21.9 Å². The summed E-state index contributed by atoms with van der Waals surface area (Å²) < 4.78 is 29.8. The molecule has 0 spiro atoms. The Morgan fingerprint density at radius 1 is 0.978 bits per heavy atom. The number of amides is 3. The molecular formula is C33H41N7O4S. The molecule has 6 rings (SSSR count). The molecule has 1 aromatic heterocycles. The number of anilines is 1. The fraction of sp³-hybridized carbons (Fsp3) is 0.485. The predicted molar refractivity (Wildman–Crippen MR) is 173 cm³/mol. The van der Waals surface area contributed by atoms with Crippen LogP contribution in [-0.4, -0.2) is 83.6 Å². The molecule has 3 fully saturated rings. The number of rotatable bonds is 5. The lowest BCUT2D eigenvalue weighted by molar-refractivity contribution is -0.120. The third-order valence-electron chi connectivity index (χ3n) is 9.41. The van der Waals surface area contributed by atoms with Crippen LogP contribution >= 0.6 is 0 Å². The number of fused-ring (bicyclic) bond motifs is 1. The molecule has 0 atom stereocenters. The molecule has 3 aliphatic rings. The first kappa shape index (κ1) is 31.2. The number of hydrogen-bond donors (Lipinski definition) is 2. The first-order valence-corrected chi connectivity index (χ1v) is 17.1. The van der Waals surface area contributed by atoms with Gasteiger partial charge < -0.3 is 5.73 Å². The van der Waals surface area contributed by atoms with Crippen LogP contribution in [0.2, 0.25) is 0 Å². The number of aromatic nitrogens is 2. The summed E-state index contributed by atoms with van der Waals surface area (Å²) in [6.07, 6.45) is 3.55. The average molecular weight is 632 g/mol. The summed E-state index contributed by atoms with van der Waals surface area (Å²) >= 11 is 0. The third-order valence-corrected chi connectivity index (χ3v) is 11.3. The summed E-state index contributed by atoms with van der Waals surface area (Å²) in [5.74, 6) is 7.36. The van der Waals surface area contributed by atoms with Gasteiger partial charge in [-0.05, 0) is 81.3 Å². The van der Waals surface area contributed by atoms with Crippen molar-refractivity contribution in [2.75, 3.05) is 37.6 Å². The average Bonchev–Trinajstić information content (AvgIpc) is 3.35. The van der Waals surface area contributed by atoms with E-state index < -0.39 is 16.1 Å². The van der Waals surface area contributed by atoms with Crippen molar-refractivity contribution in [2.45, 2.75) is 68.3 Å². The topological polar surface area (TPSA) is 134 Å². The van der Waals surface area contributed by atoms with Crippen molar-refractivity contribution in [1.29, 1.82) is 0 Å². The molecule has 3 aromatic rings. The van der Waals surface area contributed by atoms with Gasteiger partial charge in [0.05, 0.1) is 16.0 Å². The van der Waals surface area contributed by atoms with Gasteiger partial charge in [0.15, 0.2) is 5.82 Å². The normalized spacial score (nSPS) is 19.9. The Morgan fingerprint density at radius 3 is 2.42 bits per heavy atom. The standard InChI is InChI=1S/C33H41N7O4S/c1-33(2,15-9-23-5-4-6-27(21-23)45(43,44)39-18-12-26(34)13-19-39)38-16-10-24(11-17-38)25-7-8-28-29(22-25)37(3)36-31(28)40-20-14-30(41)35-32(40)42/h4-8,21-22,24,26H,10-14,16-20,34H2,1-3H3,(H,35,41,42). The molecule has 12 heteroatoms. The van der Waals surface area contributed by atoms with Crippen molar-refractivity contribution in [2.24, 2.45) is 12.8 Å². The number of carbonyl (C=O) groups is 2. The number of carbonyl (C=O) groups excluding carboxylic acids is 2. The van der Waals surface area contributed by atoms with Gasteiger partial charge in [0.1, 0.15) is 0 Å². The van der Waals surface area contributed by atoms with E-state index in [1.54, 1.807) is 22.9 Å². The molecular weight excluding hydrogens is 590 g/mol. The second kappa shape index (κ2) is 12.2. The molecule has 3 saturated heterocycles. The summed E-state index contributed by atoms with van der Waals surface area (Å²) in [7, 11) is -1.70. The van der Waals surface area contributed by atoms with Crippen LogP contribution < -0.4 is 16.0 Å². The number of aryl methyl sites for hydroxylation is 1. The second-order valence-corrected chi connectivity index (χ2v) is 14.8. The molecule has 0 saturated carbocycles. The molecule has 0 radical (unpaired) electrons. The molecule has 4 heterocycles. The second-order valence-electron chi connectivity index (χ2n) is 12.8. The molecule has 45 heavy (non-hydrogen) atoms. The highest BCUT2D eigenvalue weighted by atomic mass is 32.2. The summed E-state index contributed by atoms with van der Waals surface area (Å²) in [5.41, 5.74) is 8.46. The fourth-order valence-electron chi connectivity index (χ4n) is 6.55. The van der Waals surface area contributed by atoms with Gasteiger partial charge in [0.2, 0.25) is 15.9 Å². The summed E-state index contributed by atoms with van der Waals surface area (Å²) in [5, 5.41) is 7.88. The number of benzene rings is 2. The maximum atomic E-state index is 13.2. The summed E-state index contributed by atoms with van der Waals surface area (Å²) in [6, 6.07) is 12.9. The lowest BCUT2D eigenvalue weighted by Gasteiger charge is -2.40. The minimum absolute atomic E-state index is 0.0594. The Morgan fingerprint density at radius 2 is 1.71 bits per heavy atom. The molecule has 0 aliphatic carbocycles. The Hall–Kier alpha value is -3.76. The highest BCUT2D eigenvalue weighted by Gasteiger charge is 2.32. The van der Waals surface area contributed by atoms with E-state index in [1.165, 1.54) is 14.8 Å². The number of likely N-dealkylation sites (tertiary alicyclic amines) is 1. The number of nitrogens with two attached hydrogens (primary N) is 1. The molecule has 238 valence electrons. The Balaban J connectivity index is 1.12. The van der Waals surface area contributed by atoms with Crippen molar-refractivity contribution in [1.82, 2.24) is 24.3 Å². The van der Waals surface area contributed by atoms with Gasteiger partial charge in [-0.2, -0.15) is 9.40 Å². The van der Waals surface area contributed by atoms with Crippen LogP contribution in [0.1, 0.15) is 63.0 Å². The lowest BCUT2D eigenvalue weighted by atomic mass is 9.87. The SMILES string of the molecule is Cn1nc(N2CCC(=O)NC2=O)c2ccc(C3CCN(C(C)(C)C#Cc4cccc(S(=O)(=O)N5CCC(N)CC5)c4)CC3)cc21. The zero-order chi connectivity index (χ0) is 31.9. The predicted octanol–water partition coefficient (Wildman–Crippen LogP) is 3.14. The van der Waals surface area contributed by atoms with Gasteiger partial charge in [0, 0.05) is 63.2 Å². The van der Waals surface area contributed by atoms with E-state index in [-0.39, 0.29) is 28.8 Å². The van der Waals surface area contributed by atoms with Crippen LogP contribution in [0.15, 0.2) is 47.4 Å². The van der Waals surface area contributed by atoms with E-state index in [0.717, 1.165) is 36.8 Å². The lowest BCUT2D eigenvalue weighted by Crippen LogP contribution is -2.49. The van der Waals surface area contributed by atoms with E-state index in [2.05, 4.69) is 53.1 Å². The Bertz CT molecular complexity index is 1790. The van der Waals surface area contributed by atoms with Gasteiger partial charge in [-0.25, -0.2) is 13.2 Å². The molecule has 0 unspecified atom stereocenters. The highest BCUT2D eigenvalue weighted by Crippen LogP contribution is 2.35. The Kier molecular flexibility index (Phi) is 8.47. The minimum atomic E-state index is -3.58.